The van der Waals surface area contributed by atoms with Crippen molar-refractivity contribution in [1.29, 1.82) is 5.26 Å². The normalized spacial score (nSPS) is 19.5. The minimum Gasteiger partial charge on any atom is -0.367 e. The van der Waals surface area contributed by atoms with Gasteiger partial charge in [0.15, 0.2) is 0 Å². The highest BCUT2D eigenvalue weighted by Crippen LogP contribution is 2.29. The van der Waals surface area contributed by atoms with E-state index in [9.17, 15) is 14.9 Å². The van der Waals surface area contributed by atoms with Crippen LogP contribution in [-0.2, 0) is 22.5 Å². The molecule has 7 nitrogen and oxygen atoms in total. The second-order valence-corrected chi connectivity index (χ2v) is 7.53. The van der Waals surface area contributed by atoms with E-state index in [1.54, 1.807) is 4.90 Å². The van der Waals surface area contributed by atoms with E-state index in [0.717, 1.165) is 29.8 Å². The lowest BCUT2D eigenvalue weighted by molar-refractivity contribution is -0.132. The van der Waals surface area contributed by atoms with Gasteiger partial charge >= 0.3 is 0 Å². The molecule has 0 saturated carbocycles. The van der Waals surface area contributed by atoms with Crippen molar-refractivity contribution in [3.05, 3.63) is 65.2 Å². The summed E-state index contributed by atoms with van der Waals surface area (Å²) in [6.07, 6.45) is 0.648. The highest BCUT2D eigenvalue weighted by molar-refractivity contribution is 6.10. The molecule has 2 aromatic rings. The number of carbonyl (C=O) groups excluding carboxylic acids is 2. The number of nitrogens with zero attached hydrogens (tertiary/aromatic N) is 2. The number of hydrogen-bond donors (Lipinski definition) is 2. The molecule has 2 N–H and O–H groups in total. The Morgan fingerprint density at radius 1 is 1.30 bits per heavy atom. The molecule has 0 bridgehead atoms. The summed E-state index contributed by atoms with van der Waals surface area (Å²) in [5.41, 5.74) is 3.38. The number of ether oxygens (including phenoxy) is 1. The van der Waals surface area contributed by atoms with Crippen molar-refractivity contribution in [3.8, 4) is 6.07 Å². The van der Waals surface area contributed by atoms with Gasteiger partial charge in [0.2, 0.25) is 0 Å². The van der Waals surface area contributed by atoms with E-state index in [1.807, 2.05) is 48.5 Å². The predicted molar refractivity (Wildman–Crippen MR) is 112 cm³/mol. The van der Waals surface area contributed by atoms with Gasteiger partial charge in [-0.1, -0.05) is 30.3 Å². The number of amides is 2. The van der Waals surface area contributed by atoms with Gasteiger partial charge in [0, 0.05) is 30.8 Å². The molecule has 1 unspecified atom stereocenters. The van der Waals surface area contributed by atoms with Crippen LogP contribution < -0.4 is 15.5 Å². The lowest BCUT2D eigenvalue weighted by Gasteiger charge is -2.18. The maximum Gasteiger partial charge on any atom is 0.258 e. The zero-order valence-electron chi connectivity index (χ0n) is 16.6. The van der Waals surface area contributed by atoms with Gasteiger partial charge in [-0.3, -0.25) is 9.59 Å². The van der Waals surface area contributed by atoms with Crippen LogP contribution in [0.1, 0.15) is 27.9 Å². The van der Waals surface area contributed by atoms with E-state index in [2.05, 4.69) is 16.7 Å². The first-order valence-electron chi connectivity index (χ1n) is 10.2. The SMILES string of the molecule is N#CC(Cc1ccc2c(c1)CN(c1ccccc1)C2=O)NC(=O)[C@@H]1CNCCCO1. The van der Waals surface area contributed by atoms with Crippen molar-refractivity contribution in [1.82, 2.24) is 10.6 Å². The van der Waals surface area contributed by atoms with Gasteiger partial charge in [-0.2, -0.15) is 5.26 Å². The van der Waals surface area contributed by atoms with Crippen LogP contribution in [0.4, 0.5) is 5.69 Å². The third-order valence-electron chi connectivity index (χ3n) is 5.39. The van der Waals surface area contributed by atoms with E-state index in [0.29, 0.717) is 31.7 Å². The minimum atomic E-state index is -0.662. The molecule has 2 heterocycles. The summed E-state index contributed by atoms with van der Waals surface area (Å²) in [5.74, 6) is -0.298. The van der Waals surface area contributed by atoms with Crippen LogP contribution in [0.15, 0.2) is 48.5 Å². The van der Waals surface area contributed by atoms with Crippen molar-refractivity contribution in [2.45, 2.75) is 31.5 Å². The molecule has 2 atom stereocenters. The predicted octanol–water partition coefficient (Wildman–Crippen LogP) is 1.78. The Bertz CT molecular complexity index is 962. The average Bonchev–Trinajstić information content (AvgIpc) is 2.94. The Kier molecular flexibility index (Phi) is 6.07. The quantitative estimate of drug-likeness (QED) is 0.792. The number of hydrogen-bond acceptors (Lipinski definition) is 5. The molecule has 2 aliphatic rings. The van der Waals surface area contributed by atoms with Crippen LogP contribution in [-0.4, -0.2) is 43.7 Å². The number of anilines is 1. The molecule has 154 valence electrons. The Labute approximate surface area is 175 Å². The molecular formula is C23H24N4O3. The summed E-state index contributed by atoms with van der Waals surface area (Å²) in [5, 5.41) is 15.5. The van der Waals surface area contributed by atoms with Crippen molar-refractivity contribution in [3.63, 3.8) is 0 Å². The number of carbonyl (C=O) groups is 2. The molecule has 0 spiro atoms. The topological polar surface area (TPSA) is 94.5 Å². The molecule has 2 aliphatic heterocycles. The lowest BCUT2D eigenvalue weighted by Crippen LogP contribution is -2.46. The van der Waals surface area contributed by atoms with Gasteiger partial charge in [-0.25, -0.2) is 0 Å². The summed E-state index contributed by atoms with van der Waals surface area (Å²) in [6.45, 7) is 2.29. The summed E-state index contributed by atoms with van der Waals surface area (Å²) in [4.78, 5) is 26.9. The fraction of sp³-hybridized carbons (Fsp3) is 0.348. The largest absolute Gasteiger partial charge is 0.367 e. The molecule has 0 radical (unpaired) electrons. The third kappa shape index (κ3) is 4.35. The molecule has 2 aromatic carbocycles. The number of nitrogens with one attached hydrogen (secondary N) is 2. The molecule has 4 rings (SSSR count). The zero-order chi connectivity index (χ0) is 20.9. The smallest absolute Gasteiger partial charge is 0.258 e. The van der Waals surface area contributed by atoms with E-state index >= 15 is 0 Å². The van der Waals surface area contributed by atoms with E-state index < -0.39 is 12.1 Å². The summed E-state index contributed by atoms with van der Waals surface area (Å²) in [7, 11) is 0. The fourth-order valence-corrected chi connectivity index (χ4v) is 3.83. The summed E-state index contributed by atoms with van der Waals surface area (Å²) < 4.78 is 5.56. The van der Waals surface area contributed by atoms with E-state index in [-0.39, 0.29) is 11.8 Å². The van der Waals surface area contributed by atoms with Gasteiger partial charge in [0.1, 0.15) is 12.1 Å². The maximum atomic E-state index is 12.7. The summed E-state index contributed by atoms with van der Waals surface area (Å²) in [6, 6.07) is 16.7. The first-order valence-corrected chi connectivity index (χ1v) is 10.2. The van der Waals surface area contributed by atoms with Crippen molar-refractivity contribution < 1.29 is 14.3 Å². The van der Waals surface area contributed by atoms with Crippen molar-refractivity contribution in [2.75, 3.05) is 24.6 Å². The van der Waals surface area contributed by atoms with Gasteiger partial charge in [0.05, 0.1) is 12.6 Å². The monoisotopic (exact) mass is 404 g/mol. The van der Waals surface area contributed by atoms with Crippen LogP contribution in [0.5, 0.6) is 0 Å². The average molecular weight is 404 g/mol. The lowest BCUT2D eigenvalue weighted by atomic mass is 10.0. The highest BCUT2D eigenvalue weighted by atomic mass is 16.5. The standard InChI is InChI=1S/C23H24N4O3/c24-13-18(26-22(28)21-14-25-9-4-10-30-21)12-16-7-8-20-17(11-16)15-27(23(20)29)19-5-2-1-3-6-19/h1-3,5-8,11,18,21,25H,4,9-10,12,14-15H2,(H,26,28)/t18?,21-/m0/s1. The Morgan fingerprint density at radius 2 is 2.13 bits per heavy atom. The highest BCUT2D eigenvalue weighted by Gasteiger charge is 2.29. The van der Waals surface area contributed by atoms with Crippen LogP contribution in [0, 0.1) is 11.3 Å². The molecule has 2 amide bonds. The zero-order valence-corrected chi connectivity index (χ0v) is 16.6. The van der Waals surface area contributed by atoms with Crippen molar-refractivity contribution in [2.24, 2.45) is 0 Å². The number of benzene rings is 2. The molecule has 1 fully saturated rings. The number of para-hydroxylation sites is 1. The third-order valence-corrected chi connectivity index (χ3v) is 5.39. The van der Waals surface area contributed by atoms with Gasteiger partial charge in [0.25, 0.3) is 11.8 Å². The van der Waals surface area contributed by atoms with Crippen molar-refractivity contribution >= 4 is 17.5 Å². The molecule has 1 saturated heterocycles. The first kappa shape index (κ1) is 20.1. The van der Waals surface area contributed by atoms with Crippen LogP contribution in [0.25, 0.3) is 0 Å². The molecule has 0 aliphatic carbocycles. The number of rotatable bonds is 5. The van der Waals surface area contributed by atoms with Gasteiger partial charge < -0.3 is 20.3 Å². The molecular weight excluding hydrogens is 380 g/mol. The number of nitriles is 1. The molecule has 0 aromatic heterocycles. The number of fused-ring (bicyclic) bond motifs is 1. The second-order valence-electron chi connectivity index (χ2n) is 7.53. The Hall–Kier alpha value is -3.21. The molecule has 7 heteroatoms. The Balaban J connectivity index is 1.42. The first-order chi connectivity index (χ1) is 14.7. The van der Waals surface area contributed by atoms with Crippen LogP contribution in [0.3, 0.4) is 0 Å². The van der Waals surface area contributed by atoms with Gasteiger partial charge in [-0.15, -0.1) is 0 Å². The van der Waals surface area contributed by atoms with E-state index in [4.69, 9.17) is 4.74 Å². The maximum absolute atomic E-state index is 12.7. The van der Waals surface area contributed by atoms with E-state index in [1.165, 1.54) is 0 Å². The second kappa shape index (κ2) is 9.08. The minimum absolute atomic E-state index is 0.0223. The summed E-state index contributed by atoms with van der Waals surface area (Å²) >= 11 is 0. The van der Waals surface area contributed by atoms with Gasteiger partial charge in [-0.05, 0) is 42.3 Å². The van der Waals surface area contributed by atoms with Crippen LogP contribution in [0.2, 0.25) is 0 Å². The Morgan fingerprint density at radius 3 is 2.93 bits per heavy atom. The fourth-order valence-electron chi connectivity index (χ4n) is 3.83. The molecule has 30 heavy (non-hydrogen) atoms. The van der Waals surface area contributed by atoms with Crippen LogP contribution >= 0.6 is 0 Å².